The Morgan fingerprint density at radius 3 is 2.46 bits per heavy atom. The highest BCUT2D eigenvalue weighted by Gasteiger charge is 2.18. The number of nitrogens with zero attached hydrogens (tertiary/aromatic N) is 2. The third kappa shape index (κ3) is 2.43. The molecule has 0 N–H and O–H groups in total. The Labute approximate surface area is 142 Å². The zero-order chi connectivity index (χ0) is 16.9. The van der Waals surface area contributed by atoms with Gasteiger partial charge in [-0.2, -0.15) is 0 Å². The molecular weight excluding hydrogens is 312 g/mol. The Balaban J connectivity index is 1.92. The molecule has 1 aromatic carbocycles. The summed E-state index contributed by atoms with van der Waals surface area (Å²) in [5, 5.41) is 3.50. The molecule has 4 aromatic rings. The van der Waals surface area contributed by atoms with Crippen LogP contribution in [0.15, 0.2) is 53.2 Å². The number of pyridine rings is 2. The molecule has 3 nitrogen and oxygen atoms in total. The number of para-hydroxylation sites is 1. The van der Waals surface area contributed by atoms with Crippen LogP contribution in [-0.2, 0) is 0 Å². The van der Waals surface area contributed by atoms with Crippen molar-refractivity contribution in [2.45, 2.75) is 26.6 Å². The summed E-state index contributed by atoms with van der Waals surface area (Å²) in [5.41, 5.74) is 4.70. The minimum Gasteiger partial charge on any atom is -0.455 e. The second-order valence-corrected chi connectivity index (χ2v) is 12.4. The summed E-state index contributed by atoms with van der Waals surface area (Å²) in [4.78, 5) is 9.11. The molecule has 3 heterocycles. The van der Waals surface area contributed by atoms with Gasteiger partial charge in [0.15, 0.2) is 0 Å². The van der Waals surface area contributed by atoms with Crippen molar-refractivity contribution in [2.75, 3.05) is 0 Å². The average Bonchev–Trinajstić information content (AvgIpc) is 2.91. The molecule has 0 aliphatic heterocycles. The van der Waals surface area contributed by atoms with Crippen molar-refractivity contribution in [3.05, 3.63) is 54.5 Å². The molecule has 0 aliphatic carbocycles. The molecule has 0 saturated heterocycles. The van der Waals surface area contributed by atoms with Gasteiger partial charge in [0, 0.05) is 40.5 Å². The molecule has 24 heavy (non-hydrogen) atoms. The van der Waals surface area contributed by atoms with Crippen LogP contribution < -0.4 is 5.19 Å². The van der Waals surface area contributed by atoms with Gasteiger partial charge in [-0.1, -0.05) is 37.8 Å². The molecule has 0 atom stereocenters. The lowest BCUT2D eigenvalue weighted by atomic mass is 10.1. The highest BCUT2D eigenvalue weighted by molar-refractivity contribution is 6.88. The van der Waals surface area contributed by atoms with E-state index in [0.717, 1.165) is 38.9 Å². The maximum Gasteiger partial charge on any atom is 0.144 e. The Morgan fingerprint density at radius 1 is 0.917 bits per heavy atom. The molecule has 0 aliphatic rings. The van der Waals surface area contributed by atoms with Crippen LogP contribution in [0.5, 0.6) is 0 Å². The van der Waals surface area contributed by atoms with Crippen LogP contribution >= 0.6 is 0 Å². The van der Waals surface area contributed by atoms with Crippen molar-refractivity contribution in [1.82, 2.24) is 9.97 Å². The average molecular weight is 332 g/mol. The fourth-order valence-corrected chi connectivity index (χ4v) is 4.02. The second kappa shape index (κ2) is 5.28. The van der Waals surface area contributed by atoms with E-state index in [2.05, 4.69) is 55.0 Å². The topological polar surface area (TPSA) is 38.9 Å². The van der Waals surface area contributed by atoms with Crippen LogP contribution in [0.25, 0.3) is 33.2 Å². The van der Waals surface area contributed by atoms with Gasteiger partial charge in [0.05, 0.1) is 13.8 Å². The van der Waals surface area contributed by atoms with E-state index >= 15 is 0 Å². The van der Waals surface area contributed by atoms with E-state index in [9.17, 15) is 0 Å². The van der Waals surface area contributed by atoms with Gasteiger partial charge in [0.25, 0.3) is 0 Å². The highest BCUT2D eigenvalue weighted by atomic mass is 28.3. The van der Waals surface area contributed by atoms with Crippen molar-refractivity contribution in [3.8, 4) is 11.3 Å². The third-order valence-corrected chi connectivity index (χ3v) is 6.45. The van der Waals surface area contributed by atoms with Crippen molar-refractivity contribution in [2.24, 2.45) is 0 Å². The first-order valence-corrected chi connectivity index (χ1v) is 11.7. The molecule has 0 bridgehead atoms. The van der Waals surface area contributed by atoms with E-state index in [1.54, 1.807) is 0 Å². The molecule has 0 amide bonds. The van der Waals surface area contributed by atoms with Crippen LogP contribution in [0.3, 0.4) is 0 Å². The lowest BCUT2D eigenvalue weighted by molar-refractivity contribution is 0.669. The predicted octanol–water partition coefficient (Wildman–Crippen LogP) is 4.90. The Kier molecular flexibility index (Phi) is 3.32. The minimum absolute atomic E-state index is 0.878. The summed E-state index contributed by atoms with van der Waals surface area (Å²) in [6, 6.07) is 12.5. The maximum absolute atomic E-state index is 6.15. The lowest BCUT2D eigenvalue weighted by Gasteiger charge is -2.16. The number of aromatic nitrogens is 2. The molecule has 3 aromatic heterocycles. The van der Waals surface area contributed by atoms with E-state index in [-0.39, 0.29) is 0 Å². The molecule has 0 fully saturated rings. The van der Waals surface area contributed by atoms with Gasteiger partial charge < -0.3 is 4.42 Å². The van der Waals surface area contributed by atoms with Crippen molar-refractivity contribution >= 4 is 35.2 Å². The van der Waals surface area contributed by atoms with Crippen molar-refractivity contribution in [3.63, 3.8) is 0 Å². The van der Waals surface area contributed by atoms with Gasteiger partial charge in [0.1, 0.15) is 11.2 Å². The largest absolute Gasteiger partial charge is 0.455 e. The SMILES string of the molecule is Cc1cc2oc3c(-c4ccc([Si](C)(C)C)cn4)cccc3c2cn1. The summed E-state index contributed by atoms with van der Waals surface area (Å²) in [6.07, 6.45) is 3.91. The van der Waals surface area contributed by atoms with Gasteiger partial charge in [-0.15, -0.1) is 0 Å². The number of hydrogen-bond acceptors (Lipinski definition) is 3. The Morgan fingerprint density at radius 2 is 1.75 bits per heavy atom. The first kappa shape index (κ1) is 15.1. The number of fused-ring (bicyclic) bond motifs is 3. The maximum atomic E-state index is 6.15. The normalized spacial score (nSPS) is 12.2. The van der Waals surface area contributed by atoms with Crippen LogP contribution in [0.4, 0.5) is 0 Å². The van der Waals surface area contributed by atoms with E-state index in [0.29, 0.717) is 0 Å². The fraction of sp³-hybridized carbons (Fsp3) is 0.200. The molecule has 0 unspecified atom stereocenters. The number of hydrogen-bond donors (Lipinski definition) is 0. The quantitative estimate of drug-likeness (QED) is 0.490. The third-order valence-electron chi connectivity index (χ3n) is 4.43. The van der Waals surface area contributed by atoms with Crippen molar-refractivity contribution in [1.29, 1.82) is 0 Å². The second-order valence-electron chi connectivity index (χ2n) is 7.29. The summed E-state index contributed by atoms with van der Waals surface area (Å²) in [5.74, 6) is 0. The Bertz CT molecular complexity index is 1040. The molecule has 0 saturated carbocycles. The van der Waals surface area contributed by atoms with Crippen LogP contribution in [0, 0.1) is 6.92 Å². The summed E-state index contributed by atoms with van der Waals surface area (Å²) < 4.78 is 6.15. The number of aryl methyl sites for hydroxylation is 1. The van der Waals surface area contributed by atoms with E-state index in [1.807, 2.05) is 25.4 Å². The molecule has 120 valence electrons. The minimum atomic E-state index is -1.34. The first-order valence-electron chi connectivity index (χ1n) is 8.18. The predicted molar refractivity (Wildman–Crippen MR) is 102 cm³/mol. The standard InChI is InChI=1S/C20H20N2OSi/c1-13-10-19-17(12-21-13)15-6-5-7-16(20(15)23-19)18-9-8-14(11-22-18)24(2,3)4/h5-12H,1-4H3. The van der Waals surface area contributed by atoms with Crippen molar-refractivity contribution < 1.29 is 4.42 Å². The summed E-state index contributed by atoms with van der Waals surface area (Å²) in [6.45, 7) is 8.97. The number of rotatable bonds is 2. The molecule has 4 heteroatoms. The lowest BCUT2D eigenvalue weighted by Crippen LogP contribution is -2.37. The number of furan rings is 1. The molecule has 4 rings (SSSR count). The molecular formula is C20H20N2OSi. The highest BCUT2D eigenvalue weighted by Crippen LogP contribution is 2.34. The van der Waals surface area contributed by atoms with Gasteiger partial charge in [-0.25, -0.2) is 0 Å². The first-order chi connectivity index (χ1) is 11.4. The van der Waals surface area contributed by atoms with Gasteiger partial charge in [0.2, 0.25) is 0 Å². The van der Waals surface area contributed by atoms with E-state index in [4.69, 9.17) is 9.40 Å². The van der Waals surface area contributed by atoms with Gasteiger partial charge in [-0.3, -0.25) is 9.97 Å². The zero-order valence-corrected chi connectivity index (χ0v) is 15.4. The zero-order valence-electron chi connectivity index (χ0n) is 14.4. The monoisotopic (exact) mass is 332 g/mol. The summed E-state index contributed by atoms with van der Waals surface area (Å²) >= 11 is 0. The summed E-state index contributed by atoms with van der Waals surface area (Å²) in [7, 11) is -1.34. The van der Waals surface area contributed by atoms with Gasteiger partial charge in [-0.05, 0) is 24.2 Å². The molecule has 0 spiro atoms. The fourth-order valence-electron chi connectivity index (χ4n) is 2.99. The van der Waals surface area contributed by atoms with E-state index < -0.39 is 8.07 Å². The Hall–Kier alpha value is -2.46. The smallest absolute Gasteiger partial charge is 0.144 e. The van der Waals surface area contributed by atoms with Crippen LogP contribution in [0.1, 0.15) is 5.69 Å². The van der Waals surface area contributed by atoms with Crippen LogP contribution in [0.2, 0.25) is 19.6 Å². The molecule has 0 radical (unpaired) electrons. The van der Waals surface area contributed by atoms with E-state index in [1.165, 1.54) is 5.19 Å². The van der Waals surface area contributed by atoms with Gasteiger partial charge >= 0.3 is 0 Å². The number of benzene rings is 1. The van der Waals surface area contributed by atoms with Crippen LogP contribution in [-0.4, -0.2) is 18.0 Å².